The molecule has 1 aromatic carbocycles. The number of hydrogen-bond acceptors (Lipinski definition) is 5. The van der Waals surface area contributed by atoms with Crippen LogP contribution < -0.4 is 0 Å². The van der Waals surface area contributed by atoms with Gasteiger partial charge >= 0.3 is 0 Å². The van der Waals surface area contributed by atoms with Crippen LogP contribution in [0.3, 0.4) is 0 Å². The number of rotatable bonds is 6. The Balaban J connectivity index is 1.85. The number of likely N-dealkylation sites (N-methyl/N-ethyl adjacent to an activating group) is 1. The van der Waals surface area contributed by atoms with Crippen LogP contribution in [0.5, 0.6) is 0 Å². The summed E-state index contributed by atoms with van der Waals surface area (Å²) in [5.74, 6) is 0.660. The lowest BCUT2D eigenvalue weighted by Gasteiger charge is -2.36. The summed E-state index contributed by atoms with van der Waals surface area (Å²) in [5.41, 5.74) is 0.818. The molecule has 140 valence electrons. The Morgan fingerprint density at radius 2 is 1.96 bits per heavy atom. The molecule has 1 atom stereocenters. The molecule has 2 aromatic rings. The van der Waals surface area contributed by atoms with Crippen molar-refractivity contribution in [3.63, 3.8) is 0 Å². The highest BCUT2D eigenvalue weighted by Gasteiger charge is 2.32. The minimum atomic E-state index is -0.417. The molecule has 1 fully saturated rings. The molecule has 1 aliphatic rings. The summed E-state index contributed by atoms with van der Waals surface area (Å²) >= 11 is 0. The molecule has 1 saturated heterocycles. The topological polar surface area (TPSA) is 62.5 Å². The van der Waals surface area contributed by atoms with Gasteiger partial charge in [0.2, 0.25) is 11.8 Å². The second-order valence-electron chi connectivity index (χ2n) is 6.64. The van der Waals surface area contributed by atoms with E-state index < -0.39 is 6.04 Å². The zero-order chi connectivity index (χ0) is 18.5. The molecule has 0 spiro atoms. The number of piperidine rings is 1. The second-order valence-corrected chi connectivity index (χ2v) is 6.64. The molecule has 2 heterocycles. The van der Waals surface area contributed by atoms with Crippen LogP contribution in [-0.2, 0) is 11.3 Å². The lowest BCUT2D eigenvalue weighted by atomic mass is 10.00. The van der Waals surface area contributed by atoms with E-state index >= 15 is 0 Å². The van der Waals surface area contributed by atoms with Gasteiger partial charge in [0.15, 0.2) is 5.82 Å². The van der Waals surface area contributed by atoms with Gasteiger partial charge in [-0.05, 0) is 57.5 Å². The summed E-state index contributed by atoms with van der Waals surface area (Å²) < 4.78 is 18.5. The number of carbonyl (C=O) groups is 1. The summed E-state index contributed by atoms with van der Waals surface area (Å²) in [6, 6.07) is 5.82. The van der Waals surface area contributed by atoms with Crippen LogP contribution in [0.15, 0.2) is 28.8 Å². The first-order valence-corrected chi connectivity index (χ1v) is 9.16. The molecule has 0 aliphatic carbocycles. The smallest absolute Gasteiger partial charge is 0.246 e. The number of halogens is 1. The minimum Gasteiger partial charge on any atom is -0.337 e. The number of benzene rings is 1. The fourth-order valence-corrected chi connectivity index (χ4v) is 3.42. The Kier molecular flexibility index (Phi) is 5.98. The number of nitrogens with zero attached hydrogens (tertiary/aromatic N) is 4. The fraction of sp³-hybridized carbons (Fsp3) is 0.526. The van der Waals surface area contributed by atoms with Crippen molar-refractivity contribution < 1.29 is 13.7 Å². The highest BCUT2D eigenvalue weighted by atomic mass is 19.1. The van der Waals surface area contributed by atoms with E-state index in [1.165, 1.54) is 18.6 Å². The average molecular weight is 360 g/mol. The van der Waals surface area contributed by atoms with Crippen molar-refractivity contribution in [1.82, 2.24) is 19.9 Å². The van der Waals surface area contributed by atoms with Crippen LogP contribution in [0.1, 0.15) is 49.5 Å². The van der Waals surface area contributed by atoms with Crippen molar-refractivity contribution in [3.05, 3.63) is 47.4 Å². The first-order valence-electron chi connectivity index (χ1n) is 9.16. The predicted octanol–water partition coefficient (Wildman–Crippen LogP) is 3.09. The molecule has 1 aromatic heterocycles. The molecule has 0 radical (unpaired) electrons. The van der Waals surface area contributed by atoms with Crippen LogP contribution in [0, 0.1) is 12.7 Å². The van der Waals surface area contributed by atoms with Gasteiger partial charge in [-0.3, -0.25) is 9.69 Å². The van der Waals surface area contributed by atoms with Gasteiger partial charge in [0, 0.05) is 6.54 Å². The maximum Gasteiger partial charge on any atom is 0.246 e. The van der Waals surface area contributed by atoms with Gasteiger partial charge in [-0.25, -0.2) is 4.39 Å². The monoisotopic (exact) mass is 360 g/mol. The van der Waals surface area contributed by atoms with Crippen LogP contribution in [-0.4, -0.2) is 45.5 Å². The van der Waals surface area contributed by atoms with E-state index in [9.17, 15) is 9.18 Å². The zero-order valence-corrected chi connectivity index (χ0v) is 15.3. The summed E-state index contributed by atoms with van der Waals surface area (Å²) in [5, 5.41) is 3.79. The maximum atomic E-state index is 13.4. The van der Waals surface area contributed by atoms with Gasteiger partial charge in [-0.15, -0.1) is 0 Å². The summed E-state index contributed by atoms with van der Waals surface area (Å²) in [4.78, 5) is 21.5. The Hall–Kier alpha value is -2.28. The van der Waals surface area contributed by atoms with Crippen molar-refractivity contribution in [2.45, 2.75) is 45.7 Å². The highest BCUT2D eigenvalue weighted by molar-refractivity contribution is 5.83. The van der Waals surface area contributed by atoms with E-state index in [1.807, 2.05) is 6.92 Å². The normalized spacial score (nSPS) is 16.4. The van der Waals surface area contributed by atoms with Gasteiger partial charge in [-0.2, -0.15) is 4.98 Å². The van der Waals surface area contributed by atoms with Crippen LogP contribution in [0.25, 0.3) is 0 Å². The van der Waals surface area contributed by atoms with E-state index in [2.05, 4.69) is 15.0 Å². The van der Waals surface area contributed by atoms with E-state index in [4.69, 9.17) is 4.52 Å². The molecular formula is C19H25FN4O2. The van der Waals surface area contributed by atoms with Crippen molar-refractivity contribution in [3.8, 4) is 0 Å². The Bertz CT molecular complexity index is 725. The molecule has 7 heteroatoms. The maximum absolute atomic E-state index is 13.4. The molecule has 0 saturated carbocycles. The molecule has 0 bridgehead atoms. The third-order valence-corrected chi connectivity index (χ3v) is 4.76. The van der Waals surface area contributed by atoms with Crippen LogP contribution in [0.4, 0.5) is 4.39 Å². The number of hydrogen-bond donors (Lipinski definition) is 0. The van der Waals surface area contributed by atoms with E-state index in [0.717, 1.165) is 31.5 Å². The van der Waals surface area contributed by atoms with Crippen LogP contribution >= 0.6 is 0 Å². The molecular weight excluding hydrogens is 335 g/mol. The Morgan fingerprint density at radius 3 is 2.54 bits per heavy atom. The van der Waals surface area contributed by atoms with E-state index in [1.54, 1.807) is 24.0 Å². The van der Waals surface area contributed by atoms with Gasteiger partial charge in [0.05, 0.1) is 0 Å². The van der Waals surface area contributed by atoms with Gasteiger partial charge in [0.1, 0.15) is 18.4 Å². The van der Waals surface area contributed by atoms with Crippen molar-refractivity contribution in [2.24, 2.45) is 0 Å². The standard InChI is InChI=1S/C19H25FN4O2/c1-3-23(13-17-21-14(2)22-26-17)19(25)18(24-11-5-4-6-12-24)15-7-9-16(20)10-8-15/h7-10,18H,3-6,11-13H2,1-2H3/t18-/m0/s1. The number of aryl methyl sites for hydroxylation is 1. The SMILES string of the molecule is CCN(Cc1nc(C)no1)C(=O)[C@H](c1ccc(F)cc1)N1CCCCC1. The minimum absolute atomic E-state index is 0.0168. The lowest BCUT2D eigenvalue weighted by molar-refractivity contribution is -0.138. The zero-order valence-electron chi connectivity index (χ0n) is 15.3. The third-order valence-electron chi connectivity index (χ3n) is 4.76. The summed E-state index contributed by atoms with van der Waals surface area (Å²) in [6.07, 6.45) is 3.32. The summed E-state index contributed by atoms with van der Waals surface area (Å²) in [6.45, 7) is 6.22. The fourth-order valence-electron chi connectivity index (χ4n) is 3.42. The van der Waals surface area contributed by atoms with Crippen LogP contribution in [0.2, 0.25) is 0 Å². The molecule has 0 N–H and O–H groups in total. The highest BCUT2D eigenvalue weighted by Crippen LogP contribution is 2.27. The molecule has 26 heavy (non-hydrogen) atoms. The number of carbonyl (C=O) groups excluding carboxylic acids is 1. The first-order chi connectivity index (χ1) is 12.6. The third kappa shape index (κ3) is 4.27. The van der Waals surface area contributed by atoms with E-state index in [0.29, 0.717) is 18.3 Å². The number of aromatic nitrogens is 2. The molecule has 0 unspecified atom stereocenters. The van der Waals surface area contributed by atoms with Gasteiger partial charge in [0.25, 0.3) is 0 Å². The van der Waals surface area contributed by atoms with Gasteiger partial charge < -0.3 is 9.42 Å². The molecule has 6 nitrogen and oxygen atoms in total. The number of likely N-dealkylation sites (tertiary alicyclic amines) is 1. The second kappa shape index (κ2) is 8.40. The van der Waals surface area contributed by atoms with Crippen molar-refractivity contribution in [2.75, 3.05) is 19.6 Å². The molecule has 1 amide bonds. The van der Waals surface area contributed by atoms with Crippen molar-refractivity contribution in [1.29, 1.82) is 0 Å². The molecule has 1 aliphatic heterocycles. The Labute approximate surface area is 153 Å². The molecule has 3 rings (SSSR count). The number of amides is 1. The van der Waals surface area contributed by atoms with Crippen molar-refractivity contribution >= 4 is 5.91 Å². The first kappa shape index (κ1) is 18.5. The van der Waals surface area contributed by atoms with E-state index in [-0.39, 0.29) is 18.3 Å². The van der Waals surface area contributed by atoms with Gasteiger partial charge in [-0.1, -0.05) is 23.7 Å². The average Bonchev–Trinajstić information content (AvgIpc) is 3.07. The predicted molar refractivity (Wildman–Crippen MR) is 94.7 cm³/mol. The largest absolute Gasteiger partial charge is 0.337 e. The quantitative estimate of drug-likeness (QED) is 0.792. The Morgan fingerprint density at radius 1 is 1.27 bits per heavy atom. The summed E-state index contributed by atoms with van der Waals surface area (Å²) in [7, 11) is 0. The lowest BCUT2D eigenvalue weighted by Crippen LogP contribution is -2.44.